The molecule has 0 amide bonds. The molecule has 0 fully saturated rings. The number of unbranched alkanes of at least 4 members (excludes halogenated alkanes) is 1. The van der Waals surface area contributed by atoms with Gasteiger partial charge in [0.2, 0.25) is 10.0 Å². The molecule has 162 valence electrons. The van der Waals surface area contributed by atoms with Crippen molar-refractivity contribution < 1.29 is 27.3 Å². The molecular weight excluding hydrogens is 415 g/mol. The van der Waals surface area contributed by atoms with E-state index in [4.69, 9.17) is 4.74 Å². The number of halogens is 1. The molecule has 0 atom stereocenters. The Balaban J connectivity index is 2.22. The maximum absolute atomic E-state index is 13.2. The summed E-state index contributed by atoms with van der Waals surface area (Å²) in [7, 11) is -4.06. The Morgan fingerprint density at radius 2 is 1.87 bits per heavy atom. The molecular formula is C20H23FN2O6S. The van der Waals surface area contributed by atoms with E-state index in [1.807, 2.05) is 0 Å². The first kappa shape index (κ1) is 23.4. The van der Waals surface area contributed by atoms with Gasteiger partial charge in [0.25, 0.3) is 5.69 Å². The molecule has 0 heterocycles. The Labute approximate surface area is 174 Å². The average molecular weight is 438 g/mol. The molecule has 0 unspecified atom stereocenters. The van der Waals surface area contributed by atoms with Crippen molar-refractivity contribution in [3.8, 4) is 0 Å². The fourth-order valence-corrected chi connectivity index (χ4v) is 4.28. The number of nitrogens with zero attached hydrogens (tertiary/aromatic N) is 2. The van der Waals surface area contributed by atoms with E-state index < -0.39 is 20.8 Å². The van der Waals surface area contributed by atoms with E-state index in [9.17, 15) is 27.7 Å². The monoisotopic (exact) mass is 438 g/mol. The zero-order valence-electron chi connectivity index (χ0n) is 16.5. The number of ether oxygens (including phenoxy) is 1. The fraction of sp³-hybridized carbons (Fsp3) is 0.350. The van der Waals surface area contributed by atoms with Crippen LogP contribution < -0.4 is 0 Å². The molecule has 0 aromatic heterocycles. The standard InChI is InChI=1S/C20H23FN2O6S/c1-2-29-20(24)8-3-4-13-22(15-16-9-11-17(21)12-10-16)30(27,28)19-7-5-6-18(14-19)23(25)26/h5-7,9-12,14H,2-4,8,13,15H2,1H3. The van der Waals surface area contributed by atoms with E-state index in [2.05, 4.69) is 0 Å². The van der Waals surface area contributed by atoms with Crippen LogP contribution in [0.15, 0.2) is 53.4 Å². The average Bonchev–Trinajstić information content (AvgIpc) is 2.72. The van der Waals surface area contributed by atoms with Crippen LogP contribution in [-0.4, -0.2) is 36.8 Å². The topological polar surface area (TPSA) is 107 Å². The number of hydrogen-bond donors (Lipinski definition) is 0. The van der Waals surface area contributed by atoms with Crippen molar-refractivity contribution in [3.05, 3.63) is 70.0 Å². The van der Waals surface area contributed by atoms with Gasteiger partial charge in [-0.1, -0.05) is 18.2 Å². The van der Waals surface area contributed by atoms with Crippen LogP contribution in [0.1, 0.15) is 31.7 Å². The molecule has 0 bridgehead atoms. The molecule has 10 heteroatoms. The molecule has 0 aliphatic rings. The van der Waals surface area contributed by atoms with Gasteiger partial charge in [-0.25, -0.2) is 12.8 Å². The minimum Gasteiger partial charge on any atom is -0.466 e. The Morgan fingerprint density at radius 3 is 2.50 bits per heavy atom. The number of non-ortho nitro benzene ring substituents is 1. The molecule has 0 radical (unpaired) electrons. The van der Waals surface area contributed by atoms with Crippen molar-refractivity contribution in [2.45, 2.75) is 37.6 Å². The van der Waals surface area contributed by atoms with E-state index in [0.717, 1.165) is 6.07 Å². The first-order valence-corrected chi connectivity index (χ1v) is 10.8. The normalized spacial score (nSPS) is 11.4. The van der Waals surface area contributed by atoms with Gasteiger partial charge in [-0.3, -0.25) is 14.9 Å². The molecule has 8 nitrogen and oxygen atoms in total. The van der Waals surface area contributed by atoms with Gasteiger partial charge in [0.15, 0.2) is 0 Å². The smallest absolute Gasteiger partial charge is 0.305 e. The van der Waals surface area contributed by atoms with Gasteiger partial charge >= 0.3 is 5.97 Å². The SMILES string of the molecule is CCOC(=O)CCCCN(Cc1ccc(F)cc1)S(=O)(=O)c1cccc([N+](=O)[O-])c1. The Bertz CT molecular complexity index is 979. The number of nitro groups is 1. The van der Waals surface area contributed by atoms with E-state index in [-0.39, 0.29) is 42.7 Å². The van der Waals surface area contributed by atoms with Gasteiger partial charge < -0.3 is 4.74 Å². The molecule has 2 rings (SSSR count). The van der Waals surface area contributed by atoms with Crippen molar-refractivity contribution in [1.82, 2.24) is 4.31 Å². The highest BCUT2D eigenvalue weighted by Crippen LogP contribution is 2.23. The lowest BCUT2D eigenvalue weighted by Crippen LogP contribution is -2.31. The van der Waals surface area contributed by atoms with Crippen LogP contribution in [0.2, 0.25) is 0 Å². The summed E-state index contributed by atoms with van der Waals surface area (Å²) in [5.74, 6) is -0.801. The summed E-state index contributed by atoms with van der Waals surface area (Å²) in [6, 6.07) is 10.2. The third kappa shape index (κ3) is 6.60. The van der Waals surface area contributed by atoms with Gasteiger partial charge in [0.05, 0.1) is 16.4 Å². The van der Waals surface area contributed by atoms with Crippen LogP contribution in [0.4, 0.5) is 10.1 Å². The molecule has 0 aliphatic carbocycles. The Hall–Kier alpha value is -2.85. The maximum atomic E-state index is 13.2. The van der Waals surface area contributed by atoms with Crippen LogP contribution in [0.5, 0.6) is 0 Å². The van der Waals surface area contributed by atoms with Gasteiger partial charge in [0.1, 0.15) is 5.82 Å². The van der Waals surface area contributed by atoms with Gasteiger partial charge in [-0.15, -0.1) is 0 Å². The lowest BCUT2D eigenvalue weighted by Gasteiger charge is -2.22. The van der Waals surface area contributed by atoms with Crippen LogP contribution in [0.25, 0.3) is 0 Å². The molecule has 0 N–H and O–H groups in total. The van der Waals surface area contributed by atoms with Crippen LogP contribution >= 0.6 is 0 Å². The van der Waals surface area contributed by atoms with Gasteiger partial charge in [0, 0.05) is 31.6 Å². The zero-order chi connectivity index (χ0) is 22.1. The number of esters is 1. The molecule has 2 aromatic carbocycles. The minimum atomic E-state index is -4.06. The van der Waals surface area contributed by atoms with E-state index >= 15 is 0 Å². The molecule has 30 heavy (non-hydrogen) atoms. The number of rotatable bonds is 11. The third-order valence-corrected chi connectivity index (χ3v) is 6.12. The van der Waals surface area contributed by atoms with Gasteiger partial charge in [-0.05, 0) is 43.5 Å². The zero-order valence-corrected chi connectivity index (χ0v) is 17.3. The third-order valence-electron chi connectivity index (χ3n) is 4.28. The van der Waals surface area contributed by atoms with Crippen molar-refractivity contribution in [1.29, 1.82) is 0 Å². The Morgan fingerprint density at radius 1 is 1.17 bits per heavy atom. The predicted molar refractivity (Wildman–Crippen MR) is 108 cm³/mol. The van der Waals surface area contributed by atoms with Crippen LogP contribution in [-0.2, 0) is 26.1 Å². The van der Waals surface area contributed by atoms with E-state index in [0.29, 0.717) is 18.4 Å². The second-order valence-electron chi connectivity index (χ2n) is 6.48. The summed E-state index contributed by atoms with van der Waals surface area (Å²) in [6.07, 6.45) is 0.965. The number of nitro benzene ring substituents is 1. The van der Waals surface area contributed by atoms with Crippen molar-refractivity contribution in [3.63, 3.8) is 0 Å². The summed E-state index contributed by atoms with van der Waals surface area (Å²) >= 11 is 0. The number of benzene rings is 2. The van der Waals surface area contributed by atoms with E-state index in [1.165, 1.54) is 46.8 Å². The first-order chi connectivity index (χ1) is 14.2. The first-order valence-electron chi connectivity index (χ1n) is 9.38. The summed E-state index contributed by atoms with van der Waals surface area (Å²) in [4.78, 5) is 21.6. The maximum Gasteiger partial charge on any atom is 0.305 e. The minimum absolute atomic E-state index is 0.0370. The van der Waals surface area contributed by atoms with Gasteiger partial charge in [-0.2, -0.15) is 4.31 Å². The number of sulfonamides is 1. The summed E-state index contributed by atoms with van der Waals surface area (Å²) in [5.41, 5.74) is 0.232. The molecule has 0 aliphatic heterocycles. The second kappa shape index (κ2) is 10.8. The van der Waals surface area contributed by atoms with Crippen molar-refractivity contribution in [2.24, 2.45) is 0 Å². The molecule has 2 aromatic rings. The number of carbonyl (C=O) groups excluding carboxylic acids is 1. The largest absolute Gasteiger partial charge is 0.466 e. The summed E-state index contributed by atoms with van der Waals surface area (Å²) < 4.78 is 45.5. The van der Waals surface area contributed by atoms with Crippen LogP contribution in [0, 0.1) is 15.9 Å². The summed E-state index contributed by atoms with van der Waals surface area (Å²) in [5, 5.41) is 11.0. The predicted octanol–water partition coefficient (Wildman–Crippen LogP) is 3.66. The fourth-order valence-electron chi connectivity index (χ4n) is 2.77. The highest BCUT2D eigenvalue weighted by atomic mass is 32.2. The van der Waals surface area contributed by atoms with Crippen molar-refractivity contribution in [2.75, 3.05) is 13.2 Å². The lowest BCUT2D eigenvalue weighted by molar-refractivity contribution is -0.385. The van der Waals surface area contributed by atoms with Crippen LogP contribution in [0.3, 0.4) is 0 Å². The Kier molecular flexibility index (Phi) is 8.43. The number of carbonyl (C=O) groups is 1. The lowest BCUT2D eigenvalue weighted by atomic mass is 10.2. The molecule has 0 spiro atoms. The second-order valence-corrected chi connectivity index (χ2v) is 8.42. The quantitative estimate of drug-likeness (QED) is 0.229. The molecule has 0 saturated carbocycles. The number of hydrogen-bond acceptors (Lipinski definition) is 6. The summed E-state index contributed by atoms with van der Waals surface area (Å²) in [6.45, 7) is 2.02. The highest BCUT2D eigenvalue weighted by Gasteiger charge is 2.26. The van der Waals surface area contributed by atoms with E-state index in [1.54, 1.807) is 6.92 Å². The molecule has 0 saturated heterocycles. The van der Waals surface area contributed by atoms with Crippen molar-refractivity contribution >= 4 is 21.7 Å². The highest BCUT2D eigenvalue weighted by molar-refractivity contribution is 7.89.